The number of anilines is 5. The quantitative estimate of drug-likeness (QED) is 0.145. The largest absolute Gasteiger partial charge is 0.486 e. The maximum atomic E-state index is 14.5. The smallest absolute Gasteiger partial charge is 0.229 e. The van der Waals surface area contributed by atoms with E-state index in [1.807, 2.05) is 37.7 Å². The van der Waals surface area contributed by atoms with Gasteiger partial charge in [0.15, 0.2) is 23.1 Å². The highest BCUT2D eigenvalue weighted by Gasteiger charge is 2.28. The van der Waals surface area contributed by atoms with E-state index < -0.39 is 0 Å². The van der Waals surface area contributed by atoms with Crippen molar-refractivity contribution in [2.45, 2.75) is 25.9 Å². The molecule has 2 atom stereocenters. The molecule has 0 aliphatic carbocycles. The third kappa shape index (κ3) is 9.83. The summed E-state index contributed by atoms with van der Waals surface area (Å²) in [5.74, 6) is 2.29. The highest BCUT2D eigenvalue weighted by Crippen LogP contribution is 2.33. The Morgan fingerprint density at radius 1 is 0.772 bits per heavy atom. The van der Waals surface area contributed by atoms with Crippen molar-refractivity contribution in [3.05, 3.63) is 102 Å². The second-order valence-electron chi connectivity index (χ2n) is 13.1. The molecule has 0 radical (unpaired) electrons. The van der Waals surface area contributed by atoms with E-state index in [1.165, 1.54) is 12.1 Å². The predicted molar refractivity (Wildman–Crippen MR) is 212 cm³/mol. The van der Waals surface area contributed by atoms with Gasteiger partial charge in [-0.05, 0) is 61.8 Å². The van der Waals surface area contributed by atoms with Crippen molar-refractivity contribution in [1.29, 1.82) is 0 Å². The lowest BCUT2D eigenvalue weighted by atomic mass is 10.2. The summed E-state index contributed by atoms with van der Waals surface area (Å²) >= 11 is 5.73. The molecule has 2 aliphatic heterocycles. The first-order chi connectivity index (χ1) is 27.4. The zero-order valence-corrected chi connectivity index (χ0v) is 33.0. The van der Waals surface area contributed by atoms with Crippen molar-refractivity contribution in [3.8, 4) is 22.9 Å². The maximum Gasteiger partial charge on any atom is 0.229 e. The van der Waals surface area contributed by atoms with E-state index in [4.69, 9.17) is 36.3 Å². The molecule has 8 rings (SSSR count). The van der Waals surface area contributed by atoms with Crippen LogP contribution in [0.3, 0.4) is 0 Å². The average Bonchev–Trinajstić information content (AvgIpc) is 3.82. The Kier molecular flexibility index (Phi) is 13.0. The van der Waals surface area contributed by atoms with Crippen molar-refractivity contribution in [1.82, 2.24) is 39.0 Å². The number of hydrogen-bond acceptors (Lipinski definition) is 14. The number of nitrogens with zero attached hydrogens (tertiary/aromatic N) is 10. The molecule has 0 unspecified atom stereocenters. The SMILES string of the molecule is COC[C@H]1COc2cnc(Cl)nc2N1C.COC[C@H]1COc2cnc(Nc3ccc(-n4cnc(C)c4)c(F)c3)nc2N1C.Cc1cn(-c2ccc(N)cc2F)cn1. The van der Waals surface area contributed by atoms with Gasteiger partial charge in [0.25, 0.3) is 0 Å². The Hall–Kier alpha value is -6.11. The fraction of sp³-hybridized carbons (Fsp3) is 0.316. The van der Waals surface area contributed by atoms with Crippen LogP contribution in [0.25, 0.3) is 11.4 Å². The number of nitrogens with one attached hydrogen (secondary N) is 1. The van der Waals surface area contributed by atoms with Crippen molar-refractivity contribution in [2.75, 3.05) is 75.6 Å². The third-order valence-electron chi connectivity index (χ3n) is 8.94. The summed E-state index contributed by atoms with van der Waals surface area (Å²) in [6.07, 6.45) is 9.88. The van der Waals surface area contributed by atoms with Gasteiger partial charge in [-0.2, -0.15) is 9.97 Å². The second-order valence-corrected chi connectivity index (χ2v) is 13.5. The Morgan fingerprint density at radius 2 is 1.30 bits per heavy atom. The van der Waals surface area contributed by atoms with Gasteiger partial charge in [0.1, 0.15) is 24.8 Å². The number of halogens is 3. The number of nitrogens with two attached hydrogens (primary N) is 1. The lowest BCUT2D eigenvalue weighted by Crippen LogP contribution is -2.44. The zero-order valence-electron chi connectivity index (χ0n) is 32.2. The third-order valence-corrected chi connectivity index (χ3v) is 9.12. The molecule has 0 amide bonds. The number of methoxy groups -OCH3 is 2. The molecule has 3 N–H and O–H groups in total. The van der Waals surface area contributed by atoms with Gasteiger partial charge in [-0.25, -0.2) is 28.7 Å². The zero-order chi connectivity index (χ0) is 40.6. The first-order valence-corrected chi connectivity index (χ1v) is 18.0. The van der Waals surface area contributed by atoms with Gasteiger partial charge in [-0.3, -0.25) is 0 Å². The molecule has 2 aliphatic rings. The van der Waals surface area contributed by atoms with Crippen molar-refractivity contribution < 1.29 is 27.7 Å². The Labute approximate surface area is 333 Å². The number of hydrogen-bond donors (Lipinski definition) is 2. The minimum atomic E-state index is -0.374. The molecule has 19 heteroatoms. The van der Waals surface area contributed by atoms with Crippen LogP contribution in [-0.2, 0) is 9.47 Å². The van der Waals surface area contributed by atoms with E-state index in [0.29, 0.717) is 78.3 Å². The highest BCUT2D eigenvalue weighted by molar-refractivity contribution is 6.28. The summed E-state index contributed by atoms with van der Waals surface area (Å²) in [6.45, 7) is 5.91. The molecular weight excluding hydrogens is 762 g/mol. The van der Waals surface area contributed by atoms with Gasteiger partial charge >= 0.3 is 0 Å². The maximum absolute atomic E-state index is 14.5. The van der Waals surface area contributed by atoms with E-state index >= 15 is 0 Å². The minimum absolute atomic E-state index is 0.0654. The highest BCUT2D eigenvalue weighted by atomic mass is 35.5. The summed E-state index contributed by atoms with van der Waals surface area (Å²) in [5.41, 5.74) is 8.96. The van der Waals surface area contributed by atoms with Crippen molar-refractivity contribution in [3.63, 3.8) is 0 Å². The van der Waals surface area contributed by atoms with Crippen LogP contribution in [0.4, 0.5) is 37.7 Å². The van der Waals surface area contributed by atoms with Gasteiger partial charge in [-0.1, -0.05) is 0 Å². The molecule has 0 fully saturated rings. The molecular formula is C38H43ClF2N12O4. The van der Waals surface area contributed by atoms with Crippen LogP contribution in [0.2, 0.25) is 5.28 Å². The van der Waals surface area contributed by atoms with E-state index in [2.05, 4.69) is 35.2 Å². The standard InChI is InChI=1S/C19H21FN6O2.C10H10FN3.C9H12ClN3O2/c1-12-8-26(11-22-12)16-5-4-13(6-15(16)20)23-19-21-7-17-18(24-19)25(2)14(9-27-3)10-28-17;1-7-5-14(6-13-7)10-3-2-8(12)4-9(10)11;1-13-6(4-14-2)5-15-7-3-11-9(10)12-8(7)13/h4-8,11,14H,9-10H2,1-3H3,(H,21,23,24);2-6H,12H2,1H3;3,6H,4-5H2,1-2H3/t14-;;6-/m0.0/s1. The van der Waals surface area contributed by atoms with E-state index in [0.717, 1.165) is 11.4 Å². The van der Waals surface area contributed by atoms with E-state index in [9.17, 15) is 8.78 Å². The molecule has 2 aromatic carbocycles. The molecule has 4 aromatic heterocycles. The average molecular weight is 805 g/mol. The van der Waals surface area contributed by atoms with Crippen molar-refractivity contribution in [2.24, 2.45) is 0 Å². The van der Waals surface area contributed by atoms with Crippen LogP contribution < -0.4 is 30.3 Å². The van der Waals surface area contributed by atoms with Crippen LogP contribution >= 0.6 is 11.6 Å². The lowest BCUT2D eigenvalue weighted by Gasteiger charge is -2.34. The lowest BCUT2D eigenvalue weighted by molar-refractivity contribution is 0.142. The van der Waals surface area contributed by atoms with Crippen LogP contribution in [0.15, 0.2) is 73.8 Å². The van der Waals surface area contributed by atoms with E-state index in [-0.39, 0.29) is 29.0 Å². The molecule has 6 heterocycles. The predicted octanol–water partition coefficient (Wildman–Crippen LogP) is 5.57. The van der Waals surface area contributed by atoms with Crippen LogP contribution in [0.5, 0.6) is 11.5 Å². The fourth-order valence-corrected chi connectivity index (χ4v) is 6.01. The number of ether oxygens (including phenoxy) is 4. The molecule has 57 heavy (non-hydrogen) atoms. The summed E-state index contributed by atoms with van der Waals surface area (Å²) in [5, 5.41) is 3.27. The van der Waals surface area contributed by atoms with Crippen LogP contribution in [0.1, 0.15) is 11.4 Å². The number of rotatable bonds is 8. The van der Waals surface area contributed by atoms with Gasteiger partial charge in [-0.15, -0.1) is 0 Å². The first-order valence-electron chi connectivity index (χ1n) is 17.7. The topological polar surface area (TPSA) is 169 Å². The van der Waals surface area contributed by atoms with Gasteiger partial charge < -0.3 is 48.9 Å². The Morgan fingerprint density at radius 3 is 1.81 bits per heavy atom. The Bertz CT molecular complexity index is 2290. The molecule has 0 spiro atoms. The number of fused-ring (bicyclic) bond motifs is 2. The first kappa shape index (κ1) is 40.6. The number of benzene rings is 2. The monoisotopic (exact) mass is 804 g/mol. The molecule has 0 saturated carbocycles. The Balaban J connectivity index is 0.000000159. The normalized spacial score (nSPS) is 15.5. The second kappa shape index (κ2) is 18.2. The minimum Gasteiger partial charge on any atom is -0.486 e. The van der Waals surface area contributed by atoms with E-state index in [1.54, 1.807) is 85.1 Å². The summed E-state index contributed by atoms with van der Waals surface area (Å²) in [6, 6.07) is 9.67. The number of aryl methyl sites for hydroxylation is 2. The summed E-state index contributed by atoms with van der Waals surface area (Å²) in [7, 11) is 7.19. The van der Waals surface area contributed by atoms with Crippen LogP contribution in [0, 0.1) is 25.5 Å². The fourth-order valence-electron chi connectivity index (χ4n) is 5.88. The molecule has 0 saturated heterocycles. The molecule has 300 valence electrons. The molecule has 16 nitrogen and oxygen atoms in total. The van der Waals surface area contributed by atoms with Crippen molar-refractivity contribution >= 4 is 40.6 Å². The molecule has 6 aromatic rings. The van der Waals surface area contributed by atoms with Crippen LogP contribution in [-0.4, -0.2) is 106 Å². The summed E-state index contributed by atoms with van der Waals surface area (Å²) in [4.78, 5) is 28.9. The van der Waals surface area contributed by atoms with Gasteiger partial charge in [0, 0.05) is 52.1 Å². The number of likely N-dealkylation sites (N-methyl/N-ethyl adjacent to an activating group) is 2. The number of imidazole rings is 2. The summed E-state index contributed by atoms with van der Waals surface area (Å²) < 4.78 is 52.8. The van der Waals surface area contributed by atoms with Gasteiger partial charge in [0.05, 0.1) is 73.1 Å². The molecule has 0 bridgehead atoms. The number of nitrogen functional groups attached to an aromatic ring is 1. The number of aromatic nitrogens is 8. The van der Waals surface area contributed by atoms with Gasteiger partial charge in [0.2, 0.25) is 11.2 Å².